The Balaban J connectivity index is 2.16. The van der Waals surface area contributed by atoms with Crippen LogP contribution in [0.5, 0.6) is 0 Å². The Hall–Kier alpha value is -2.14. The number of rotatable bonds is 4. The van der Waals surface area contributed by atoms with Crippen LogP contribution in [0.3, 0.4) is 0 Å². The summed E-state index contributed by atoms with van der Waals surface area (Å²) in [6.45, 7) is 2.11. The van der Waals surface area contributed by atoms with Crippen LogP contribution in [0.1, 0.15) is 17.3 Å². The minimum atomic E-state index is -0.629. The molecule has 2 rings (SSSR count). The predicted molar refractivity (Wildman–Crippen MR) is 73.9 cm³/mol. The first kappa shape index (κ1) is 14.3. The third-order valence-electron chi connectivity index (χ3n) is 2.76. The smallest absolute Gasteiger partial charge is 0.330 e. The second-order valence-electron chi connectivity index (χ2n) is 4.06. The third-order valence-corrected chi connectivity index (χ3v) is 3.00. The van der Waals surface area contributed by atoms with E-state index in [1.807, 2.05) is 0 Å². The highest BCUT2D eigenvalue weighted by molar-refractivity contribution is 6.52. The molecular weight excluding hydrogens is 282 g/mol. The number of ketones is 1. The highest BCUT2D eigenvalue weighted by Gasteiger charge is 2.35. The maximum atomic E-state index is 11.9. The molecule has 0 aliphatic carbocycles. The molecule has 1 amide bonds. The van der Waals surface area contributed by atoms with Crippen molar-refractivity contribution in [3.05, 3.63) is 40.9 Å². The van der Waals surface area contributed by atoms with Gasteiger partial charge in [-0.15, -0.1) is 0 Å². The van der Waals surface area contributed by atoms with Crippen LogP contribution in [0.15, 0.2) is 30.4 Å². The van der Waals surface area contributed by atoms with Gasteiger partial charge in [-0.3, -0.25) is 9.59 Å². The van der Waals surface area contributed by atoms with Gasteiger partial charge in [-0.25, -0.2) is 4.79 Å². The van der Waals surface area contributed by atoms with Crippen molar-refractivity contribution in [2.45, 2.75) is 6.92 Å². The standard InChI is InChI=1S/C14H12ClNO4/c1-2-20-12(17)4-3-7-16-11-6-5-9(15)8-10(11)13(18)14(16)19/h3-6,8H,2,7H2,1H3/b4-3+. The topological polar surface area (TPSA) is 63.7 Å². The summed E-state index contributed by atoms with van der Waals surface area (Å²) in [6, 6.07) is 4.68. The fourth-order valence-corrected chi connectivity index (χ4v) is 2.07. The van der Waals surface area contributed by atoms with Crippen LogP contribution in [0, 0.1) is 0 Å². The molecule has 1 aliphatic heterocycles. The first-order valence-corrected chi connectivity index (χ1v) is 6.41. The van der Waals surface area contributed by atoms with E-state index in [1.165, 1.54) is 23.1 Å². The lowest BCUT2D eigenvalue weighted by Gasteiger charge is -2.13. The second-order valence-corrected chi connectivity index (χ2v) is 4.50. The van der Waals surface area contributed by atoms with Gasteiger partial charge < -0.3 is 9.64 Å². The van der Waals surface area contributed by atoms with Crippen molar-refractivity contribution in [1.29, 1.82) is 0 Å². The summed E-state index contributed by atoms with van der Waals surface area (Å²) in [6.07, 6.45) is 2.71. The summed E-state index contributed by atoms with van der Waals surface area (Å²) in [5, 5.41) is 0.397. The largest absolute Gasteiger partial charge is 0.463 e. The number of carbonyl (C=O) groups excluding carboxylic acids is 3. The highest BCUT2D eigenvalue weighted by Crippen LogP contribution is 2.30. The van der Waals surface area contributed by atoms with Gasteiger partial charge in [-0.05, 0) is 25.1 Å². The Morgan fingerprint density at radius 2 is 2.15 bits per heavy atom. The number of esters is 1. The maximum absolute atomic E-state index is 11.9. The number of hydrogen-bond acceptors (Lipinski definition) is 4. The van der Waals surface area contributed by atoms with Crippen molar-refractivity contribution in [3.8, 4) is 0 Å². The number of benzene rings is 1. The van der Waals surface area contributed by atoms with Crippen LogP contribution in [-0.2, 0) is 14.3 Å². The molecule has 0 saturated carbocycles. The zero-order chi connectivity index (χ0) is 14.7. The normalized spacial score (nSPS) is 14.0. The number of carbonyl (C=O) groups is 3. The van der Waals surface area contributed by atoms with Crippen molar-refractivity contribution < 1.29 is 19.1 Å². The molecule has 5 nitrogen and oxygen atoms in total. The lowest BCUT2D eigenvalue weighted by molar-refractivity contribution is -0.137. The molecule has 0 aromatic heterocycles. The van der Waals surface area contributed by atoms with E-state index in [-0.39, 0.29) is 18.7 Å². The van der Waals surface area contributed by atoms with Crippen LogP contribution in [0.2, 0.25) is 5.02 Å². The van der Waals surface area contributed by atoms with Crippen LogP contribution in [-0.4, -0.2) is 30.8 Å². The van der Waals surface area contributed by atoms with Gasteiger partial charge in [-0.2, -0.15) is 0 Å². The Morgan fingerprint density at radius 3 is 2.85 bits per heavy atom. The van der Waals surface area contributed by atoms with Crippen molar-refractivity contribution in [2.75, 3.05) is 18.1 Å². The van der Waals surface area contributed by atoms with E-state index in [0.717, 1.165) is 0 Å². The lowest BCUT2D eigenvalue weighted by atomic mass is 10.1. The molecule has 6 heteroatoms. The van der Waals surface area contributed by atoms with Gasteiger partial charge in [0.2, 0.25) is 0 Å². The predicted octanol–water partition coefficient (Wildman–Crippen LogP) is 1.99. The first-order chi connectivity index (χ1) is 9.54. The average Bonchev–Trinajstić information content (AvgIpc) is 2.64. The molecule has 1 aromatic rings. The number of anilines is 1. The molecular formula is C14H12ClNO4. The van der Waals surface area contributed by atoms with Crippen molar-refractivity contribution in [2.24, 2.45) is 0 Å². The van der Waals surface area contributed by atoms with Crippen LogP contribution < -0.4 is 4.90 Å². The van der Waals surface area contributed by atoms with Gasteiger partial charge in [0, 0.05) is 17.6 Å². The highest BCUT2D eigenvalue weighted by atomic mass is 35.5. The number of ether oxygens (including phenoxy) is 1. The quantitative estimate of drug-likeness (QED) is 0.484. The van der Waals surface area contributed by atoms with Gasteiger partial charge in [0.1, 0.15) is 0 Å². The Kier molecular flexibility index (Phi) is 4.20. The summed E-state index contributed by atoms with van der Waals surface area (Å²) in [4.78, 5) is 36.1. The van der Waals surface area contributed by atoms with E-state index in [4.69, 9.17) is 16.3 Å². The molecule has 0 unspecified atom stereocenters. The van der Waals surface area contributed by atoms with Crippen molar-refractivity contribution >= 4 is 34.9 Å². The summed E-state index contributed by atoms with van der Waals surface area (Å²) >= 11 is 5.81. The molecule has 0 bridgehead atoms. The minimum Gasteiger partial charge on any atom is -0.463 e. The van der Waals surface area contributed by atoms with Gasteiger partial charge in [-0.1, -0.05) is 17.7 Å². The molecule has 0 radical (unpaired) electrons. The van der Waals surface area contributed by atoms with Crippen molar-refractivity contribution in [3.63, 3.8) is 0 Å². The Bertz CT molecular complexity index is 609. The monoisotopic (exact) mass is 293 g/mol. The SMILES string of the molecule is CCOC(=O)/C=C/CN1C(=O)C(=O)c2cc(Cl)ccc21. The number of halogens is 1. The molecule has 20 heavy (non-hydrogen) atoms. The summed E-state index contributed by atoms with van der Waals surface area (Å²) in [5.74, 6) is -1.70. The summed E-state index contributed by atoms with van der Waals surface area (Å²) in [7, 11) is 0. The number of Topliss-reactive ketones (excluding diaryl/α,β-unsaturated/α-hetero) is 1. The third kappa shape index (κ3) is 2.72. The Labute approximate surface area is 120 Å². The van der Waals surface area contributed by atoms with E-state index in [9.17, 15) is 14.4 Å². The van der Waals surface area contributed by atoms with Crippen LogP contribution in [0.25, 0.3) is 0 Å². The van der Waals surface area contributed by atoms with E-state index in [0.29, 0.717) is 10.7 Å². The number of fused-ring (bicyclic) bond motifs is 1. The molecule has 1 aromatic carbocycles. The van der Waals surface area contributed by atoms with E-state index in [2.05, 4.69) is 0 Å². The molecule has 0 spiro atoms. The lowest BCUT2D eigenvalue weighted by Crippen LogP contribution is -2.29. The van der Waals surface area contributed by atoms with Gasteiger partial charge in [0.15, 0.2) is 0 Å². The molecule has 0 fully saturated rings. The van der Waals surface area contributed by atoms with E-state index < -0.39 is 17.7 Å². The molecule has 1 aliphatic rings. The minimum absolute atomic E-state index is 0.123. The van der Waals surface area contributed by atoms with E-state index in [1.54, 1.807) is 19.1 Å². The maximum Gasteiger partial charge on any atom is 0.330 e. The van der Waals surface area contributed by atoms with E-state index >= 15 is 0 Å². The molecule has 104 valence electrons. The fourth-order valence-electron chi connectivity index (χ4n) is 1.90. The molecule has 0 N–H and O–H groups in total. The van der Waals surface area contributed by atoms with Gasteiger partial charge in [0.25, 0.3) is 11.7 Å². The number of hydrogen-bond donors (Lipinski definition) is 0. The molecule has 0 atom stereocenters. The number of nitrogens with zero attached hydrogens (tertiary/aromatic N) is 1. The summed E-state index contributed by atoms with van der Waals surface area (Å²) < 4.78 is 4.73. The molecule has 1 heterocycles. The van der Waals surface area contributed by atoms with Gasteiger partial charge >= 0.3 is 5.97 Å². The van der Waals surface area contributed by atoms with Crippen LogP contribution in [0.4, 0.5) is 5.69 Å². The zero-order valence-electron chi connectivity index (χ0n) is 10.8. The second kappa shape index (κ2) is 5.88. The number of amides is 1. The van der Waals surface area contributed by atoms with Crippen LogP contribution >= 0.6 is 11.6 Å². The fraction of sp³-hybridized carbons (Fsp3) is 0.214. The van der Waals surface area contributed by atoms with Crippen molar-refractivity contribution in [1.82, 2.24) is 0 Å². The average molecular weight is 294 g/mol. The Morgan fingerprint density at radius 1 is 1.40 bits per heavy atom. The summed E-state index contributed by atoms with van der Waals surface area (Å²) in [5.41, 5.74) is 0.782. The zero-order valence-corrected chi connectivity index (χ0v) is 11.5. The molecule has 0 saturated heterocycles. The van der Waals surface area contributed by atoms with Gasteiger partial charge in [0.05, 0.1) is 17.9 Å². The first-order valence-electron chi connectivity index (χ1n) is 6.03.